The molecule has 5 heteroatoms. The molecule has 1 aromatic rings. The standard InChI is InChI=1S/C15H18ClNO3/c1-15(2,3)20-14(19)17-7-6-11-8-12(16)5-4-10(11)9-13(17)18/h4-5,8H,6-7,9H2,1-3H3. The third-order valence-electron chi connectivity index (χ3n) is 3.03. The predicted molar refractivity (Wildman–Crippen MR) is 76.8 cm³/mol. The number of hydrogen-bond donors (Lipinski definition) is 0. The van der Waals surface area contributed by atoms with E-state index in [1.54, 1.807) is 26.8 Å². The van der Waals surface area contributed by atoms with Crippen LogP contribution in [0.15, 0.2) is 18.2 Å². The molecule has 2 amide bonds. The quantitative estimate of drug-likeness (QED) is 0.738. The van der Waals surface area contributed by atoms with Crippen LogP contribution < -0.4 is 0 Å². The van der Waals surface area contributed by atoms with E-state index in [9.17, 15) is 9.59 Å². The van der Waals surface area contributed by atoms with Crippen molar-refractivity contribution >= 4 is 23.6 Å². The first-order valence-corrected chi connectivity index (χ1v) is 6.95. The van der Waals surface area contributed by atoms with Crippen molar-refractivity contribution in [2.45, 2.75) is 39.2 Å². The molecule has 0 unspecified atom stereocenters. The van der Waals surface area contributed by atoms with Gasteiger partial charge in [-0.25, -0.2) is 9.69 Å². The summed E-state index contributed by atoms with van der Waals surface area (Å²) in [7, 11) is 0. The zero-order valence-corrected chi connectivity index (χ0v) is 12.7. The minimum absolute atomic E-state index is 0.200. The number of carbonyl (C=O) groups excluding carboxylic acids is 2. The molecule has 4 nitrogen and oxygen atoms in total. The maximum atomic E-state index is 12.2. The number of imide groups is 1. The highest BCUT2D eigenvalue weighted by Crippen LogP contribution is 2.22. The van der Waals surface area contributed by atoms with Crippen LogP contribution in [-0.4, -0.2) is 29.0 Å². The van der Waals surface area contributed by atoms with E-state index in [1.165, 1.54) is 4.90 Å². The first-order chi connectivity index (χ1) is 9.26. The van der Waals surface area contributed by atoms with Crippen LogP contribution in [0.1, 0.15) is 31.9 Å². The van der Waals surface area contributed by atoms with Gasteiger partial charge in [-0.15, -0.1) is 0 Å². The molecule has 0 saturated heterocycles. The molecule has 1 aliphatic rings. The fourth-order valence-corrected chi connectivity index (χ4v) is 2.32. The largest absolute Gasteiger partial charge is 0.443 e. The summed E-state index contributed by atoms with van der Waals surface area (Å²) in [5.74, 6) is -0.236. The minimum atomic E-state index is -0.611. The first kappa shape index (κ1) is 14.9. The number of carbonyl (C=O) groups is 2. The Balaban J connectivity index is 2.17. The second-order valence-corrected chi connectivity index (χ2v) is 6.30. The lowest BCUT2D eigenvalue weighted by Gasteiger charge is -2.25. The Hall–Kier alpha value is -1.55. The van der Waals surface area contributed by atoms with Gasteiger partial charge in [-0.05, 0) is 50.5 Å². The Morgan fingerprint density at radius 2 is 2.00 bits per heavy atom. The first-order valence-electron chi connectivity index (χ1n) is 6.57. The summed E-state index contributed by atoms with van der Waals surface area (Å²) >= 11 is 5.96. The number of rotatable bonds is 0. The van der Waals surface area contributed by atoms with E-state index in [0.29, 0.717) is 18.0 Å². The Bertz CT molecular complexity index is 549. The van der Waals surface area contributed by atoms with Crippen LogP contribution in [0.25, 0.3) is 0 Å². The highest BCUT2D eigenvalue weighted by molar-refractivity contribution is 6.30. The Morgan fingerprint density at radius 1 is 1.30 bits per heavy atom. The Kier molecular flexibility index (Phi) is 4.04. The van der Waals surface area contributed by atoms with E-state index < -0.39 is 11.7 Å². The number of nitrogens with zero attached hydrogens (tertiary/aromatic N) is 1. The van der Waals surface area contributed by atoms with Gasteiger partial charge in [0.1, 0.15) is 5.60 Å². The number of fused-ring (bicyclic) bond motifs is 1. The van der Waals surface area contributed by atoms with Crippen molar-refractivity contribution in [3.05, 3.63) is 34.3 Å². The van der Waals surface area contributed by atoms with E-state index in [0.717, 1.165) is 11.1 Å². The summed E-state index contributed by atoms with van der Waals surface area (Å²) in [6.45, 7) is 5.66. The van der Waals surface area contributed by atoms with Crippen LogP contribution in [0.5, 0.6) is 0 Å². The molecule has 108 valence electrons. The van der Waals surface area contributed by atoms with Gasteiger partial charge < -0.3 is 4.74 Å². The summed E-state index contributed by atoms with van der Waals surface area (Å²) in [5.41, 5.74) is 1.32. The molecule has 20 heavy (non-hydrogen) atoms. The van der Waals surface area contributed by atoms with Crippen molar-refractivity contribution in [1.82, 2.24) is 4.90 Å². The van der Waals surface area contributed by atoms with Crippen molar-refractivity contribution in [3.63, 3.8) is 0 Å². The second kappa shape index (κ2) is 5.44. The highest BCUT2D eigenvalue weighted by Gasteiger charge is 2.29. The van der Waals surface area contributed by atoms with Crippen LogP contribution >= 0.6 is 11.6 Å². The molecule has 0 saturated carbocycles. The lowest BCUT2D eigenvalue weighted by molar-refractivity contribution is -0.129. The molecule has 1 aliphatic heterocycles. The normalized spacial score (nSPS) is 15.6. The van der Waals surface area contributed by atoms with E-state index in [4.69, 9.17) is 16.3 Å². The lowest BCUT2D eigenvalue weighted by atomic mass is 10.0. The number of ether oxygens (including phenoxy) is 1. The van der Waals surface area contributed by atoms with Crippen LogP contribution in [0.3, 0.4) is 0 Å². The van der Waals surface area contributed by atoms with Gasteiger partial charge in [-0.3, -0.25) is 4.79 Å². The molecule has 0 aromatic heterocycles. The smallest absolute Gasteiger partial charge is 0.417 e. The molecular formula is C15H18ClNO3. The van der Waals surface area contributed by atoms with Crippen molar-refractivity contribution in [1.29, 1.82) is 0 Å². The maximum absolute atomic E-state index is 12.2. The fourth-order valence-electron chi connectivity index (χ4n) is 2.13. The van der Waals surface area contributed by atoms with E-state index >= 15 is 0 Å². The number of hydrogen-bond acceptors (Lipinski definition) is 3. The van der Waals surface area contributed by atoms with Crippen LogP contribution in [0, 0.1) is 0 Å². The molecule has 1 aromatic carbocycles. The zero-order valence-electron chi connectivity index (χ0n) is 11.9. The average molecular weight is 296 g/mol. The molecule has 0 N–H and O–H groups in total. The third kappa shape index (κ3) is 3.51. The summed E-state index contributed by atoms with van der Waals surface area (Å²) in [6.07, 6.45) is 0.216. The lowest BCUT2D eigenvalue weighted by Crippen LogP contribution is -2.41. The monoisotopic (exact) mass is 295 g/mol. The third-order valence-corrected chi connectivity index (χ3v) is 3.26. The van der Waals surface area contributed by atoms with Crippen LogP contribution in [-0.2, 0) is 22.4 Å². The van der Waals surface area contributed by atoms with Crippen LogP contribution in [0.2, 0.25) is 5.02 Å². The molecule has 0 aliphatic carbocycles. The molecule has 0 spiro atoms. The molecule has 0 atom stereocenters. The molecule has 0 fully saturated rings. The van der Waals surface area contributed by atoms with Crippen LogP contribution in [0.4, 0.5) is 4.79 Å². The van der Waals surface area contributed by atoms with Gasteiger partial charge >= 0.3 is 6.09 Å². The number of benzene rings is 1. The summed E-state index contributed by atoms with van der Waals surface area (Å²) < 4.78 is 5.27. The van der Waals surface area contributed by atoms with Crippen molar-refractivity contribution in [2.24, 2.45) is 0 Å². The minimum Gasteiger partial charge on any atom is -0.443 e. The maximum Gasteiger partial charge on any atom is 0.417 e. The van der Waals surface area contributed by atoms with Gasteiger partial charge in [0.2, 0.25) is 5.91 Å². The summed E-state index contributed by atoms with van der Waals surface area (Å²) in [4.78, 5) is 25.4. The average Bonchev–Trinajstić information content (AvgIpc) is 2.45. The summed E-state index contributed by atoms with van der Waals surface area (Å²) in [6, 6.07) is 5.45. The fraction of sp³-hybridized carbons (Fsp3) is 0.467. The Morgan fingerprint density at radius 3 is 2.65 bits per heavy atom. The van der Waals surface area contributed by atoms with Crippen molar-refractivity contribution in [3.8, 4) is 0 Å². The van der Waals surface area contributed by atoms with Gasteiger partial charge in [0.05, 0.1) is 6.42 Å². The summed E-state index contributed by atoms with van der Waals surface area (Å²) in [5, 5.41) is 0.641. The van der Waals surface area contributed by atoms with E-state index in [2.05, 4.69) is 0 Å². The molecule has 2 rings (SSSR count). The van der Waals surface area contributed by atoms with Crippen molar-refractivity contribution < 1.29 is 14.3 Å². The Labute approximate surface area is 123 Å². The van der Waals surface area contributed by atoms with Gasteiger partial charge in [-0.1, -0.05) is 17.7 Å². The van der Waals surface area contributed by atoms with Crippen molar-refractivity contribution in [2.75, 3.05) is 6.54 Å². The molecule has 1 heterocycles. The van der Waals surface area contributed by atoms with E-state index in [1.807, 2.05) is 12.1 Å². The SMILES string of the molecule is CC(C)(C)OC(=O)N1CCc2cc(Cl)ccc2CC1=O. The van der Waals surface area contributed by atoms with Gasteiger partial charge in [0, 0.05) is 11.6 Å². The second-order valence-electron chi connectivity index (χ2n) is 5.87. The molecule has 0 bridgehead atoms. The van der Waals surface area contributed by atoms with E-state index in [-0.39, 0.29) is 12.3 Å². The zero-order chi connectivity index (χ0) is 14.9. The van der Waals surface area contributed by atoms with Gasteiger partial charge in [0.25, 0.3) is 0 Å². The molecule has 0 radical (unpaired) electrons. The molecular weight excluding hydrogens is 278 g/mol. The highest BCUT2D eigenvalue weighted by atomic mass is 35.5. The predicted octanol–water partition coefficient (Wildman–Crippen LogP) is 3.20. The van der Waals surface area contributed by atoms with Gasteiger partial charge in [-0.2, -0.15) is 0 Å². The topological polar surface area (TPSA) is 46.6 Å². The number of halogens is 1. The number of amides is 2. The van der Waals surface area contributed by atoms with Gasteiger partial charge in [0.15, 0.2) is 0 Å².